The van der Waals surface area contributed by atoms with E-state index in [9.17, 15) is 4.39 Å². The zero-order chi connectivity index (χ0) is 12.3. The van der Waals surface area contributed by atoms with E-state index in [-0.39, 0.29) is 5.82 Å². The molecule has 0 saturated carbocycles. The molecule has 1 N–H and O–H groups in total. The predicted octanol–water partition coefficient (Wildman–Crippen LogP) is 2.84. The zero-order valence-corrected chi connectivity index (χ0v) is 10.6. The van der Waals surface area contributed by atoms with Crippen LogP contribution in [0.15, 0.2) is 23.7 Å². The van der Waals surface area contributed by atoms with Crippen LogP contribution in [0.4, 0.5) is 4.39 Å². The molecular weight excluding hydrogens is 237 g/mol. The fourth-order valence-electron chi connectivity index (χ4n) is 1.35. The van der Waals surface area contributed by atoms with Crippen LogP contribution in [-0.2, 0) is 6.54 Å². The molecule has 2 aromatic rings. The Bertz CT molecular complexity index is 496. The van der Waals surface area contributed by atoms with Crippen molar-refractivity contribution in [3.63, 3.8) is 0 Å². The zero-order valence-electron chi connectivity index (χ0n) is 9.77. The van der Waals surface area contributed by atoms with Crippen molar-refractivity contribution in [2.45, 2.75) is 26.4 Å². The minimum atomic E-state index is -0.329. The molecule has 0 aromatic carbocycles. The van der Waals surface area contributed by atoms with Crippen molar-refractivity contribution < 1.29 is 4.39 Å². The summed E-state index contributed by atoms with van der Waals surface area (Å²) in [6, 6.07) is 3.38. The summed E-state index contributed by atoms with van der Waals surface area (Å²) in [7, 11) is 0. The molecule has 0 bridgehead atoms. The quantitative estimate of drug-likeness (QED) is 0.908. The van der Waals surface area contributed by atoms with Gasteiger partial charge in [0.05, 0.1) is 5.69 Å². The van der Waals surface area contributed by atoms with Crippen LogP contribution in [-0.4, -0.2) is 16.0 Å². The van der Waals surface area contributed by atoms with Crippen LogP contribution in [0.3, 0.4) is 0 Å². The van der Waals surface area contributed by atoms with Gasteiger partial charge in [0.1, 0.15) is 10.7 Å². The normalized spacial score (nSPS) is 11.1. The summed E-state index contributed by atoms with van der Waals surface area (Å²) in [5, 5.41) is 5.83. The molecule has 0 atom stereocenters. The maximum absolute atomic E-state index is 13.5. The largest absolute Gasteiger partial charge is 0.309 e. The molecule has 0 radical (unpaired) electrons. The van der Waals surface area contributed by atoms with Gasteiger partial charge in [-0.15, -0.1) is 11.3 Å². The third-order valence-electron chi connectivity index (χ3n) is 2.20. The molecule has 0 amide bonds. The standard InChI is InChI=1S/C12H14FN3S/c1-8(2)15-6-9-7-17-12(16-9)11-10(13)4-3-5-14-11/h3-5,7-8,15H,6H2,1-2H3. The number of nitrogens with zero attached hydrogens (tertiary/aromatic N) is 2. The number of rotatable bonds is 4. The Kier molecular flexibility index (Phi) is 3.81. The van der Waals surface area contributed by atoms with Gasteiger partial charge in [-0.3, -0.25) is 4.98 Å². The van der Waals surface area contributed by atoms with Gasteiger partial charge >= 0.3 is 0 Å². The van der Waals surface area contributed by atoms with Crippen molar-refractivity contribution in [1.82, 2.24) is 15.3 Å². The molecule has 0 aliphatic carbocycles. The summed E-state index contributed by atoms with van der Waals surface area (Å²) >= 11 is 1.41. The lowest BCUT2D eigenvalue weighted by Crippen LogP contribution is -2.21. The van der Waals surface area contributed by atoms with E-state index in [0.717, 1.165) is 5.69 Å². The first-order valence-electron chi connectivity index (χ1n) is 5.45. The molecule has 17 heavy (non-hydrogen) atoms. The van der Waals surface area contributed by atoms with Gasteiger partial charge in [-0.05, 0) is 12.1 Å². The van der Waals surface area contributed by atoms with Crippen LogP contribution < -0.4 is 5.32 Å². The van der Waals surface area contributed by atoms with Gasteiger partial charge in [0.25, 0.3) is 0 Å². The van der Waals surface area contributed by atoms with Crippen LogP contribution in [0, 0.1) is 5.82 Å². The highest BCUT2D eigenvalue weighted by molar-refractivity contribution is 7.13. The fraction of sp³-hybridized carbons (Fsp3) is 0.333. The minimum Gasteiger partial charge on any atom is -0.309 e. The summed E-state index contributed by atoms with van der Waals surface area (Å²) in [6.45, 7) is 4.85. The molecule has 0 spiro atoms. The molecule has 2 aromatic heterocycles. The summed E-state index contributed by atoms with van der Waals surface area (Å²) in [4.78, 5) is 8.38. The fourth-order valence-corrected chi connectivity index (χ4v) is 2.16. The van der Waals surface area contributed by atoms with Gasteiger partial charge in [0.2, 0.25) is 0 Å². The molecule has 90 valence electrons. The number of pyridine rings is 1. The molecule has 2 heterocycles. The number of hydrogen-bond acceptors (Lipinski definition) is 4. The topological polar surface area (TPSA) is 37.8 Å². The van der Waals surface area contributed by atoms with Gasteiger partial charge in [-0.1, -0.05) is 13.8 Å². The molecule has 0 aliphatic heterocycles. The summed E-state index contributed by atoms with van der Waals surface area (Å²) in [6.07, 6.45) is 1.58. The molecule has 5 heteroatoms. The molecule has 0 unspecified atom stereocenters. The van der Waals surface area contributed by atoms with E-state index in [1.807, 2.05) is 5.38 Å². The molecule has 3 nitrogen and oxygen atoms in total. The Morgan fingerprint density at radius 3 is 3.00 bits per heavy atom. The van der Waals surface area contributed by atoms with Crippen molar-refractivity contribution in [2.24, 2.45) is 0 Å². The Morgan fingerprint density at radius 1 is 1.47 bits per heavy atom. The second-order valence-electron chi connectivity index (χ2n) is 4.01. The van der Waals surface area contributed by atoms with Crippen LogP contribution in [0.5, 0.6) is 0 Å². The average molecular weight is 251 g/mol. The lowest BCUT2D eigenvalue weighted by atomic mass is 10.3. The van der Waals surface area contributed by atoms with Gasteiger partial charge < -0.3 is 5.32 Å². The third kappa shape index (κ3) is 3.08. The lowest BCUT2D eigenvalue weighted by Gasteiger charge is -2.04. The second kappa shape index (κ2) is 5.33. The first-order chi connectivity index (χ1) is 8.16. The van der Waals surface area contributed by atoms with Crippen molar-refractivity contribution in [3.05, 3.63) is 35.2 Å². The first kappa shape index (κ1) is 12.1. The number of thiazole rings is 1. The average Bonchev–Trinajstić information content (AvgIpc) is 2.75. The van der Waals surface area contributed by atoms with Gasteiger partial charge in [-0.25, -0.2) is 9.37 Å². The van der Waals surface area contributed by atoms with Gasteiger partial charge in [0.15, 0.2) is 5.82 Å². The van der Waals surface area contributed by atoms with Crippen LogP contribution >= 0.6 is 11.3 Å². The van der Waals surface area contributed by atoms with E-state index in [4.69, 9.17) is 0 Å². The predicted molar refractivity (Wildman–Crippen MR) is 67.3 cm³/mol. The molecule has 0 saturated heterocycles. The summed E-state index contributed by atoms with van der Waals surface area (Å²) < 4.78 is 13.5. The Labute approximate surface area is 104 Å². The second-order valence-corrected chi connectivity index (χ2v) is 4.87. The lowest BCUT2D eigenvalue weighted by molar-refractivity contribution is 0.583. The molecule has 2 rings (SSSR count). The number of halogens is 1. The van der Waals surface area contributed by atoms with Crippen molar-refractivity contribution in [3.8, 4) is 10.7 Å². The van der Waals surface area contributed by atoms with Crippen molar-refractivity contribution in [1.29, 1.82) is 0 Å². The third-order valence-corrected chi connectivity index (χ3v) is 3.10. The molecule has 0 aliphatic rings. The van der Waals surface area contributed by atoms with Gasteiger partial charge in [-0.2, -0.15) is 0 Å². The maximum Gasteiger partial charge on any atom is 0.151 e. The monoisotopic (exact) mass is 251 g/mol. The van der Waals surface area contributed by atoms with E-state index in [2.05, 4.69) is 29.1 Å². The highest BCUT2D eigenvalue weighted by atomic mass is 32.1. The first-order valence-corrected chi connectivity index (χ1v) is 6.33. The SMILES string of the molecule is CC(C)NCc1csc(-c2ncccc2F)n1. The number of nitrogens with one attached hydrogen (secondary N) is 1. The smallest absolute Gasteiger partial charge is 0.151 e. The minimum absolute atomic E-state index is 0.327. The Morgan fingerprint density at radius 2 is 2.29 bits per heavy atom. The Balaban J connectivity index is 2.16. The summed E-state index contributed by atoms with van der Waals surface area (Å²) in [5.41, 5.74) is 1.25. The molecule has 0 fully saturated rings. The van der Waals surface area contributed by atoms with E-state index < -0.39 is 0 Å². The van der Waals surface area contributed by atoms with Crippen molar-refractivity contribution >= 4 is 11.3 Å². The van der Waals surface area contributed by atoms with Crippen LogP contribution in [0.2, 0.25) is 0 Å². The molecular formula is C12H14FN3S. The highest BCUT2D eigenvalue weighted by Gasteiger charge is 2.10. The Hall–Kier alpha value is -1.33. The highest BCUT2D eigenvalue weighted by Crippen LogP contribution is 2.23. The van der Waals surface area contributed by atoms with E-state index in [1.165, 1.54) is 17.4 Å². The van der Waals surface area contributed by atoms with Crippen LogP contribution in [0.25, 0.3) is 10.7 Å². The maximum atomic E-state index is 13.5. The number of aromatic nitrogens is 2. The van der Waals surface area contributed by atoms with E-state index in [1.54, 1.807) is 12.3 Å². The van der Waals surface area contributed by atoms with Crippen molar-refractivity contribution in [2.75, 3.05) is 0 Å². The summed E-state index contributed by atoms with van der Waals surface area (Å²) in [5.74, 6) is -0.329. The van der Waals surface area contributed by atoms with E-state index in [0.29, 0.717) is 23.3 Å². The van der Waals surface area contributed by atoms with Gasteiger partial charge in [0, 0.05) is 24.2 Å². The number of hydrogen-bond donors (Lipinski definition) is 1. The van der Waals surface area contributed by atoms with Crippen LogP contribution in [0.1, 0.15) is 19.5 Å². The van der Waals surface area contributed by atoms with E-state index >= 15 is 0 Å².